The van der Waals surface area contributed by atoms with Crippen molar-refractivity contribution in [2.45, 2.75) is 6.04 Å². The van der Waals surface area contributed by atoms with Crippen molar-refractivity contribution in [2.24, 2.45) is 5.84 Å². The summed E-state index contributed by atoms with van der Waals surface area (Å²) in [5.74, 6) is 7.26. The molecule has 0 saturated carbocycles. The van der Waals surface area contributed by atoms with Crippen molar-refractivity contribution in [3.8, 4) is 11.5 Å². The molecule has 1 heterocycles. The number of rotatable bonds is 3. The molecule has 4 heteroatoms. The molecular weight excluding hydrogens is 240 g/mol. The molecule has 3 N–H and O–H groups in total. The second-order valence-electron chi connectivity index (χ2n) is 4.41. The maximum absolute atomic E-state index is 5.69. The molecule has 2 aromatic rings. The SMILES string of the molecule is NNC(c1ccccc1)c1ccc2c(c1)OCCO2. The highest BCUT2D eigenvalue weighted by Crippen LogP contribution is 2.33. The summed E-state index contributed by atoms with van der Waals surface area (Å²) < 4.78 is 11.1. The molecule has 19 heavy (non-hydrogen) atoms. The van der Waals surface area contributed by atoms with Gasteiger partial charge in [0.2, 0.25) is 0 Å². The predicted octanol–water partition coefficient (Wildman–Crippen LogP) is 2.01. The zero-order chi connectivity index (χ0) is 13.1. The maximum atomic E-state index is 5.69. The van der Waals surface area contributed by atoms with Gasteiger partial charge in [0.05, 0.1) is 6.04 Å². The fourth-order valence-electron chi connectivity index (χ4n) is 2.27. The smallest absolute Gasteiger partial charge is 0.161 e. The molecule has 4 nitrogen and oxygen atoms in total. The third kappa shape index (κ3) is 2.41. The lowest BCUT2D eigenvalue weighted by atomic mass is 9.99. The molecule has 0 saturated heterocycles. The number of hydrazine groups is 1. The van der Waals surface area contributed by atoms with Crippen LogP contribution in [0.1, 0.15) is 17.2 Å². The third-order valence-electron chi connectivity index (χ3n) is 3.20. The average Bonchev–Trinajstić information content (AvgIpc) is 2.49. The summed E-state index contributed by atoms with van der Waals surface area (Å²) in [6.07, 6.45) is 0. The van der Waals surface area contributed by atoms with Gasteiger partial charge in [0.25, 0.3) is 0 Å². The van der Waals surface area contributed by atoms with E-state index in [1.54, 1.807) is 0 Å². The van der Waals surface area contributed by atoms with E-state index < -0.39 is 0 Å². The Morgan fingerprint density at radius 3 is 2.37 bits per heavy atom. The van der Waals surface area contributed by atoms with Crippen molar-refractivity contribution in [2.75, 3.05) is 13.2 Å². The standard InChI is InChI=1S/C15H16N2O2/c16-17-15(11-4-2-1-3-5-11)12-6-7-13-14(10-12)19-9-8-18-13/h1-7,10,15,17H,8-9,16H2. The Morgan fingerprint density at radius 1 is 0.895 bits per heavy atom. The number of hydrogen-bond donors (Lipinski definition) is 2. The lowest BCUT2D eigenvalue weighted by Crippen LogP contribution is -2.29. The summed E-state index contributed by atoms with van der Waals surface area (Å²) in [7, 11) is 0. The van der Waals surface area contributed by atoms with Crippen LogP contribution in [0.25, 0.3) is 0 Å². The van der Waals surface area contributed by atoms with E-state index in [9.17, 15) is 0 Å². The van der Waals surface area contributed by atoms with Crippen LogP contribution in [0.2, 0.25) is 0 Å². The molecular formula is C15H16N2O2. The van der Waals surface area contributed by atoms with Crippen LogP contribution in [-0.4, -0.2) is 13.2 Å². The molecule has 0 radical (unpaired) electrons. The summed E-state index contributed by atoms with van der Waals surface area (Å²) in [4.78, 5) is 0. The third-order valence-corrected chi connectivity index (χ3v) is 3.20. The summed E-state index contributed by atoms with van der Waals surface area (Å²) in [5.41, 5.74) is 5.01. The molecule has 1 aliphatic heterocycles. The lowest BCUT2D eigenvalue weighted by Gasteiger charge is -2.22. The number of fused-ring (bicyclic) bond motifs is 1. The molecule has 2 aromatic carbocycles. The number of nitrogens with two attached hydrogens (primary N) is 1. The Labute approximate surface area is 112 Å². The van der Waals surface area contributed by atoms with Gasteiger partial charge >= 0.3 is 0 Å². The molecule has 1 aliphatic rings. The second-order valence-corrected chi connectivity index (χ2v) is 4.41. The van der Waals surface area contributed by atoms with E-state index in [0.717, 1.165) is 22.6 Å². The van der Waals surface area contributed by atoms with Crippen LogP contribution in [-0.2, 0) is 0 Å². The van der Waals surface area contributed by atoms with E-state index >= 15 is 0 Å². The Bertz CT molecular complexity index is 557. The maximum Gasteiger partial charge on any atom is 0.161 e. The van der Waals surface area contributed by atoms with E-state index in [-0.39, 0.29) is 6.04 Å². The van der Waals surface area contributed by atoms with Gasteiger partial charge in [-0.2, -0.15) is 0 Å². The van der Waals surface area contributed by atoms with E-state index in [0.29, 0.717) is 13.2 Å². The Hall–Kier alpha value is -2.04. The molecule has 3 rings (SSSR count). The van der Waals surface area contributed by atoms with E-state index in [2.05, 4.69) is 5.43 Å². The minimum atomic E-state index is -0.0583. The molecule has 0 aliphatic carbocycles. The molecule has 0 bridgehead atoms. The quantitative estimate of drug-likeness (QED) is 0.651. The fourth-order valence-corrected chi connectivity index (χ4v) is 2.27. The summed E-state index contributed by atoms with van der Waals surface area (Å²) in [6, 6.07) is 15.9. The second kappa shape index (κ2) is 5.30. The number of nitrogens with one attached hydrogen (secondary N) is 1. The van der Waals surface area contributed by atoms with Crippen LogP contribution < -0.4 is 20.7 Å². The van der Waals surface area contributed by atoms with Crippen LogP contribution in [0.3, 0.4) is 0 Å². The highest BCUT2D eigenvalue weighted by molar-refractivity contribution is 5.46. The minimum Gasteiger partial charge on any atom is -0.486 e. The van der Waals surface area contributed by atoms with Gasteiger partial charge in [-0.15, -0.1) is 0 Å². The average molecular weight is 256 g/mol. The van der Waals surface area contributed by atoms with Crippen molar-refractivity contribution in [1.29, 1.82) is 0 Å². The van der Waals surface area contributed by atoms with Crippen LogP contribution >= 0.6 is 0 Å². The minimum absolute atomic E-state index is 0.0583. The van der Waals surface area contributed by atoms with Gasteiger partial charge in [0.1, 0.15) is 13.2 Å². The van der Waals surface area contributed by atoms with Crippen molar-refractivity contribution >= 4 is 0 Å². The molecule has 1 unspecified atom stereocenters. The van der Waals surface area contributed by atoms with Crippen molar-refractivity contribution in [3.05, 3.63) is 59.7 Å². The monoisotopic (exact) mass is 256 g/mol. The number of benzene rings is 2. The first-order valence-electron chi connectivity index (χ1n) is 6.29. The predicted molar refractivity (Wildman–Crippen MR) is 73.0 cm³/mol. The number of ether oxygens (including phenoxy) is 2. The van der Waals surface area contributed by atoms with Gasteiger partial charge in [-0.05, 0) is 23.3 Å². The van der Waals surface area contributed by atoms with E-state index in [1.165, 1.54) is 0 Å². The van der Waals surface area contributed by atoms with E-state index in [1.807, 2.05) is 48.5 Å². The molecule has 98 valence electrons. The van der Waals surface area contributed by atoms with Crippen molar-refractivity contribution in [1.82, 2.24) is 5.43 Å². The van der Waals surface area contributed by atoms with Gasteiger partial charge in [0, 0.05) is 0 Å². The topological polar surface area (TPSA) is 56.5 Å². The van der Waals surface area contributed by atoms with Crippen molar-refractivity contribution in [3.63, 3.8) is 0 Å². The number of hydrogen-bond acceptors (Lipinski definition) is 4. The van der Waals surface area contributed by atoms with E-state index in [4.69, 9.17) is 15.3 Å². The molecule has 0 spiro atoms. The first-order chi connectivity index (χ1) is 9.38. The Kier molecular flexibility index (Phi) is 3.35. The molecule has 0 fully saturated rings. The fraction of sp³-hybridized carbons (Fsp3) is 0.200. The van der Waals surface area contributed by atoms with Gasteiger partial charge in [-0.3, -0.25) is 5.84 Å². The first-order valence-corrected chi connectivity index (χ1v) is 6.29. The van der Waals surface area contributed by atoms with Crippen molar-refractivity contribution < 1.29 is 9.47 Å². The molecule has 0 amide bonds. The Morgan fingerprint density at radius 2 is 1.63 bits per heavy atom. The zero-order valence-corrected chi connectivity index (χ0v) is 10.5. The van der Waals surface area contributed by atoms with Gasteiger partial charge < -0.3 is 9.47 Å². The van der Waals surface area contributed by atoms with Crippen LogP contribution in [0.4, 0.5) is 0 Å². The summed E-state index contributed by atoms with van der Waals surface area (Å²) in [6.45, 7) is 1.19. The highest BCUT2D eigenvalue weighted by Gasteiger charge is 2.17. The Balaban J connectivity index is 1.96. The zero-order valence-electron chi connectivity index (χ0n) is 10.5. The molecule has 1 atom stereocenters. The summed E-state index contributed by atoms with van der Waals surface area (Å²) >= 11 is 0. The van der Waals surface area contributed by atoms with Gasteiger partial charge in [0.15, 0.2) is 11.5 Å². The van der Waals surface area contributed by atoms with Crippen LogP contribution in [0.15, 0.2) is 48.5 Å². The lowest BCUT2D eigenvalue weighted by molar-refractivity contribution is 0.171. The first kappa shape index (κ1) is 12.0. The highest BCUT2D eigenvalue weighted by atomic mass is 16.6. The van der Waals surface area contributed by atoms with Gasteiger partial charge in [-0.25, -0.2) is 5.43 Å². The molecule has 0 aromatic heterocycles. The van der Waals surface area contributed by atoms with Gasteiger partial charge in [-0.1, -0.05) is 36.4 Å². The largest absolute Gasteiger partial charge is 0.486 e. The van der Waals surface area contributed by atoms with Crippen LogP contribution in [0.5, 0.6) is 11.5 Å². The summed E-state index contributed by atoms with van der Waals surface area (Å²) in [5, 5.41) is 0. The normalized spacial score (nSPS) is 15.0. The van der Waals surface area contributed by atoms with Crippen LogP contribution in [0, 0.1) is 0 Å².